The smallest absolute Gasteiger partial charge is 0.336 e. The Morgan fingerprint density at radius 3 is 2.46 bits per heavy atom. The van der Waals surface area contributed by atoms with Crippen LogP contribution in [0.3, 0.4) is 0 Å². The summed E-state index contributed by atoms with van der Waals surface area (Å²) in [6.07, 6.45) is 2.61. The molecule has 0 aliphatic heterocycles. The second kappa shape index (κ2) is 5.99. The van der Waals surface area contributed by atoms with Crippen molar-refractivity contribution in [1.29, 1.82) is 0 Å². The molecular formula is C9H12O4. The summed E-state index contributed by atoms with van der Waals surface area (Å²) < 4.78 is 9.00. The van der Waals surface area contributed by atoms with Crippen LogP contribution in [0.25, 0.3) is 0 Å². The number of ether oxygens (including phenoxy) is 2. The third-order valence-corrected chi connectivity index (χ3v) is 1.31. The molecule has 0 N–H and O–H groups in total. The van der Waals surface area contributed by atoms with Crippen molar-refractivity contribution in [2.75, 3.05) is 6.79 Å². The van der Waals surface area contributed by atoms with E-state index in [1.807, 2.05) is 0 Å². The van der Waals surface area contributed by atoms with Gasteiger partial charge in [-0.3, -0.25) is 0 Å². The van der Waals surface area contributed by atoms with Gasteiger partial charge in [0.25, 0.3) is 0 Å². The highest BCUT2D eigenvalue weighted by molar-refractivity contribution is 5.87. The van der Waals surface area contributed by atoms with E-state index in [0.717, 1.165) is 6.08 Å². The lowest BCUT2D eigenvalue weighted by Crippen LogP contribution is -2.11. The van der Waals surface area contributed by atoms with Crippen molar-refractivity contribution in [2.24, 2.45) is 0 Å². The lowest BCUT2D eigenvalue weighted by Gasteiger charge is -2.03. The lowest BCUT2D eigenvalue weighted by molar-refractivity contribution is -0.160. The molecule has 72 valence electrons. The van der Waals surface area contributed by atoms with E-state index in [4.69, 9.17) is 0 Å². The van der Waals surface area contributed by atoms with Crippen molar-refractivity contribution in [3.8, 4) is 0 Å². The molecule has 0 aliphatic rings. The van der Waals surface area contributed by atoms with E-state index in [1.165, 1.54) is 0 Å². The maximum Gasteiger partial charge on any atom is 0.336 e. The lowest BCUT2D eigenvalue weighted by atomic mass is 10.3. The van der Waals surface area contributed by atoms with Crippen molar-refractivity contribution in [2.45, 2.75) is 13.8 Å². The predicted molar refractivity (Wildman–Crippen MR) is 46.7 cm³/mol. The Labute approximate surface area is 76.8 Å². The average molecular weight is 184 g/mol. The van der Waals surface area contributed by atoms with Gasteiger partial charge in [0.1, 0.15) is 0 Å². The van der Waals surface area contributed by atoms with Crippen molar-refractivity contribution < 1.29 is 19.1 Å². The topological polar surface area (TPSA) is 52.6 Å². The molecule has 0 unspecified atom stereocenters. The van der Waals surface area contributed by atoms with E-state index in [2.05, 4.69) is 16.1 Å². The molecule has 0 aromatic rings. The van der Waals surface area contributed by atoms with Crippen LogP contribution in [-0.4, -0.2) is 18.7 Å². The van der Waals surface area contributed by atoms with Gasteiger partial charge >= 0.3 is 11.9 Å². The molecule has 0 aromatic carbocycles. The highest BCUT2D eigenvalue weighted by atomic mass is 16.7. The molecule has 0 radical (unpaired) electrons. The second-order valence-electron chi connectivity index (χ2n) is 2.19. The van der Waals surface area contributed by atoms with Crippen LogP contribution in [0.2, 0.25) is 0 Å². The van der Waals surface area contributed by atoms with Gasteiger partial charge < -0.3 is 9.47 Å². The third-order valence-electron chi connectivity index (χ3n) is 1.31. The van der Waals surface area contributed by atoms with E-state index in [0.29, 0.717) is 5.57 Å². The molecular weight excluding hydrogens is 172 g/mol. The highest BCUT2D eigenvalue weighted by Gasteiger charge is 2.04. The zero-order chi connectivity index (χ0) is 10.3. The Hall–Kier alpha value is -1.58. The SMILES string of the molecule is C=CC(=O)OCOC(=O)C(C)=CC. The first-order valence-corrected chi connectivity index (χ1v) is 3.71. The Morgan fingerprint density at radius 1 is 1.38 bits per heavy atom. The van der Waals surface area contributed by atoms with Gasteiger partial charge in [0.2, 0.25) is 6.79 Å². The fraction of sp³-hybridized carbons (Fsp3) is 0.333. The number of hydrogen-bond donors (Lipinski definition) is 0. The maximum absolute atomic E-state index is 10.9. The molecule has 0 spiro atoms. The van der Waals surface area contributed by atoms with Crippen LogP contribution in [0, 0.1) is 0 Å². The molecule has 13 heavy (non-hydrogen) atoms. The monoisotopic (exact) mass is 184 g/mol. The number of hydrogen-bond acceptors (Lipinski definition) is 4. The number of esters is 2. The molecule has 0 atom stereocenters. The summed E-state index contributed by atoms with van der Waals surface area (Å²) >= 11 is 0. The van der Waals surface area contributed by atoms with Crippen LogP contribution in [0.4, 0.5) is 0 Å². The quantitative estimate of drug-likeness (QED) is 0.374. The second-order valence-corrected chi connectivity index (χ2v) is 2.19. The number of allylic oxidation sites excluding steroid dienone is 1. The minimum absolute atomic E-state index is 0.380. The van der Waals surface area contributed by atoms with Crippen molar-refractivity contribution in [3.05, 3.63) is 24.3 Å². The Bertz CT molecular complexity index is 240. The van der Waals surface area contributed by atoms with E-state index >= 15 is 0 Å². The van der Waals surface area contributed by atoms with Crippen molar-refractivity contribution in [1.82, 2.24) is 0 Å². The average Bonchev–Trinajstić information content (AvgIpc) is 2.15. The van der Waals surface area contributed by atoms with Gasteiger partial charge in [0, 0.05) is 11.6 Å². The summed E-state index contributed by atoms with van der Waals surface area (Å²) in [5.41, 5.74) is 0.467. The first-order chi connectivity index (χ1) is 6.11. The molecule has 0 saturated carbocycles. The zero-order valence-corrected chi connectivity index (χ0v) is 7.70. The Morgan fingerprint density at radius 2 is 2.00 bits per heavy atom. The molecule has 0 heterocycles. The normalized spacial score (nSPS) is 10.5. The standard InChI is InChI=1S/C9H12O4/c1-4-7(3)9(11)13-6-12-8(10)5-2/h4-5H,2,6H2,1,3H3. The van der Waals surface area contributed by atoms with E-state index in [-0.39, 0.29) is 6.79 Å². The molecule has 0 aromatic heterocycles. The summed E-state index contributed by atoms with van der Waals surface area (Å²) in [4.78, 5) is 21.4. The molecule has 0 amide bonds. The molecule has 0 fully saturated rings. The van der Waals surface area contributed by atoms with Crippen LogP contribution >= 0.6 is 0 Å². The number of rotatable bonds is 4. The largest absolute Gasteiger partial charge is 0.425 e. The van der Waals surface area contributed by atoms with Gasteiger partial charge in [0.15, 0.2) is 0 Å². The van der Waals surface area contributed by atoms with Crippen molar-refractivity contribution in [3.63, 3.8) is 0 Å². The van der Waals surface area contributed by atoms with Gasteiger partial charge in [-0.1, -0.05) is 12.7 Å². The molecule has 0 saturated heterocycles. The van der Waals surface area contributed by atoms with Gasteiger partial charge in [0.05, 0.1) is 0 Å². The molecule has 4 heteroatoms. The van der Waals surface area contributed by atoms with Gasteiger partial charge in [-0.2, -0.15) is 0 Å². The Kier molecular flexibility index (Phi) is 5.27. The van der Waals surface area contributed by atoms with Crippen LogP contribution < -0.4 is 0 Å². The first kappa shape index (κ1) is 11.4. The molecule has 0 rings (SSSR count). The van der Waals surface area contributed by atoms with Gasteiger partial charge in [-0.15, -0.1) is 0 Å². The van der Waals surface area contributed by atoms with E-state index < -0.39 is 11.9 Å². The number of carbonyl (C=O) groups excluding carboxylic acids is 2. The Balaban J connectivity index is 3.72. The van der Waals surface area contributed by atoms with Crippen LogP contribution in [-0.2, 0) is 19.1 Å². The summed E-state index contributed by atoms with van der Waals surface area (Å²) in [5.74, 6) is -1.12. The fourth-order valence-electron chi connectivity index (χ4n) is 0.432. The van der Waals surface area contributed by atoms with Crippen LogP contribution in [0.15, 0.2) is 24.3 Å². The van der Waals surface area contributed by atoms with Crippen molar-refractivity contribution >= 4 is 11.9 Å². The summed E-state index contributed by atoms with van der Waals surface area (Å²) in [5, 5.41) is 0. The predicted octanol–water partition coefficient (Wildman–Crippen LogP) is 1.18. The van der Waals surface area contributed by atoms with E-state index in [1.54, 1.807) is 19.9 Å². The van der Waals surface area contributed by atoms with E-state index in [9.17, 15) is 9.59 Å². The third kappa shape index (κ3) is 4.79. The van der Waals surface area contributed by atoms with Crippen LogP contribution in [0.5, 0.6) is 0 Å². The van der Waals surface area contributed by atoms with Gasteiger partial charge in [-0.25, -0.2) is 9.59 Å². The first-order valence-electron chi connectivity index (χ1n) is 3.71. The highest BCUT2D eigenvalue weighted by Crippen LogP contribution is 1.95. The van der Waals surface area contributed by atoms with Crippen LogP contribution in [0.1, 0.15) is 13.8 Å². The summed E-state index contributed by atoms with van der Waals surface area (Å²) in [6, 6.07) is 0. The minimum atomic E-state index is -0.620. The van der Waals surface area contributed by atoms with Gasteiger partial charge in [-0.05, 0) is 13.8 Å². The zero-order valence-electron chi connectivity index (χ0n) is 7.70. The number of carbonyl (C=O) groups is 2. The summed E-state index contributed by atoms with van der Waals surface area (Å²) in [7, 11) is 0. The fourth-order valence-corrected chi connectivity index (χ4v) is 0.432. The summed E-state index contributed by atoms with van der Waals surface area (Å²) in [6.45, 7) is 6.13. The molecule has 4 nitrogen and oxygen atoms in total. The molecule has 0 bridgehead atoms. The molecule has 0 aliphatic carbocycles. The maximum atomic E-state index is 10.9. The minimum Gasteiger partial charge on any atom is -0.425 e.